The Labute approximate surface area is 103 Å². The summed E-state index contributed by atoms with van der Waals surface area (Å²) < 4.78 is 0. The highest BCUT2D eigenvalue weighted by Crippen LogP contribution is 2.12. The van der Waals surface area contributed by atoms with Gasteiger partial charge in [-0.3, -0.25) is 9.89 Å². The summed E-state index contributed by atoms with van der Waals surface area (Å²) in [7, 11) is 0. The number of aromatic amines is 1. The summed E-state index contributed by atoms with van der Waals surface area (Å²) >= 11 is 1.70. The molecule has 0 aliphatic rings. The van der Waals surface area contributed by atoms with Crippen molar-refractivity contribution in [3.63, 3.8) is 0 Å². The first-order valence-corrected chi connectivity index (χ1v) is 6.29. The zero-order chi connectivity index (χ0) is 12.1. The minimum Gasteiger partial charge on any atom is -0.356 e. The lowest BCUT2D eigenvalue weighted by molar-refractivity contribution is -0.118. The molecule has 0 saturated carbocycles. The number of carbonyl (C=O) groups excluding carboxylic acids is 1. The molecule has 5 nitrogen and oxygen atoms in total. The second-order valence-corrected chi connectivity index (χ2v) is 4.72. The van der Waals surface area contributed by atoms with Gasteiger partial charge in [-0.2, -0.15) is 5.10 Å². The molecule has 2 N–H and O–H groups in total. The van der Waals surface area contributed by atoms with E-state index >= 15 is 0 Å². The minimum absolute atomic E-state index is 0.0284. The Hall–Kier alpha value is -1.69. The molecule has 2 aromatic rings. The monoisotopic (exact) mass is 250 g/mol. The molecule has 0 aliphatic heterocycles. The summed E-state index contributed by atoms with van der Waals surface area (Å²) in [6.07, 6.45) is 1.44. The predicted molar refractivity (Wildman–Crippen MR) is 65.9 cm³/mol. The molecule has 0 atom stereocenters. The molecule has 6 heteroatoms. The summed E-state index contributed by atoms with van der Waals surface area (Å²) in [6, 6.07) is 4.10. The van der Waals surface area contributed by atoms with Crippen molar-refractivity contribution < 1.29 is 4.79 Å². The third kappa shape index (κ3) is 3.67. The summed E-state index contributed by atoms with van der Waals surface area (Å²) in [4.78, 5) is 16.3. The van der Waals surface area contributed by atoms with Crippen molar-refractivity contribution in [1.82, 2.24) is 20.5 Å². The summed E-state index contributed by atoms with van der Waals surface area (Å²) in [5, 5.41) is 11.8. The Morgan fingerprint density at radius 3 is 3.18 bits per heavy atom. The maximum Gasteiger partial charge on any atom is 0.216 e. The van der Waals surface area contributed by atoms with Crippen LogP contribution in [0.15, 0.2) is 17.5 Å². The van der Waals surface area contributed by atoms with Crippen LogP contribution >= 0.6 is 11.3 Å². The molecule has 2 heterocycles. The van der Waals surface area contributed by atoms with Gasteiger partial charge >= 0.3 is 0 Å². The maximum absolute atomic E-state index is 10.7. The van der Waals surface area contributed by atoms with E-state index < -0.39 is 0 Å². The first kappa shape index (κ1) is 11.8. The lowest BCUT2D eigenvalue weighted by Crippen LogP contribution is -2.22. The van der Waals surface area contributed by atoms with E-state index in [1.807, 2.05) is 11.4 Å². The normalized spacial score (nSPS) is 10.4. The van der Waals surface area contributed by atoms with E-state index in [1.54, 1.807) is 11.3 Å². The number of H-pyrrole nitrogens is 1. The maximum atomic E-state index is 10.7. The van der Waals surface area contributed by atoms with Crippen molar-refractivity contribution in [2.24, 2.45) is 0 Å². The fraction of sp³-hybridized carbons (Fsp3) is 0.364. The molecule has 0 unspecified atom stereocenters. The molecule has 0 aromatic carbocycles. The van der Waals surface area contributed by atoms with E-state index in [0.29, 0.717) is 13.0 Å². The summed E-state index contributed by atoms with van der Waals surface area (Å²) in [5.41, 5.74) is 0. The number of carbonyl (C=O) groups is 1. The van der Waals surface area contributed by atoms with Crippen molar-refractivity contribution in [1.29, 1.82) is 0 Å². The Bertz CT molecular complexity index is 477. The number of nitrogens with one attached hydrogen (secondary N) is 2. The van der Waals surface area contributed by atoms with Crippen molar-refractivity contribution >= 4 is 17.2 Å². The number of hydrogen-bond acceptors (Lipinski definition) is 4. The van der Waals surface area contributed by atoms with Crippen LogP contribution in [0.5, 0.6) is 0 Å². The van der Waals surface area contributed by atoms with Crippen molar-refractivity contribution in [2.45, 2.75) is 19.8 Å². The minimum atomic E-state index is -0.0284. The van der Waals surface area contributed by atoms with Crippen molar-refractivity contribution in [2.75, 3.05) is 6.54 Å². The second-order valence-electron chi connectivity index (χ2n) is 3.69. The van der Waals surface area contributed by atoms with Crippen LogP contribution in [0.2, 0.25) is 0 Å². The quantitative estimate of drug-likeness (QED) is 0.836. The average molecular weight is 250 g/mol. The topological polar surface area (TPSA) is 70.7 Å². The first-order chi connectivity index (χ1) is 8.24. The van der Waals surface area contributed by atoms with Gasteiger partial charge in [0, 0.05) is 31.2 Å². The third-order valence-corrected chi connectivity index (χ3v) is 3.10. The molecule has 0 saturated heterocycles. The van der Waals surface area contributed by atoms with Crippen LogP contribution < -0.4 is 5.32 Å². The van der Waals surface area contributed by atoms with Crippen LogP contribution in [-0.4, -0.2) is 27.6 Å². The number of thiophene rings is 1. The molecule has 1 amide bonds. The highest BCUT2D eigenvalue weighted by Gasteiger charge is 2.04. The van der Waals surface area contributed by atoms with Crippen molar-refractivity contribution in [3.05, 3.63) is 34.0 Å². The Kier molecular flexibility index (Phi) is 3.87. The molecule has 0 bridgehead atoms. The van der Waals surface area contributed by atoms with Gasteiger partial charge in [-0.15, -0.1) is 11.3 Å². The number of aromatic nitrogens is 3. The molecule has 90 valence electrons. The van der Waals surface area contributed by atoms with Gasteiger partial charge < -0.3 is 5.32 Å². The van der Waals surface area contributed by atoms with Gasteiger partial charge in [0.1, 0.15) is 5.82 Å². The van der Waals surface area contributed by atoms with Crippen LogP contribution in [0.1, 0.15) is 23.4 Å². The average Bonchev–Trinajstić information content (AvgIpc) is 2.90. The van der Waals surface area contributed by atoms with Gasteiger partial charge in [0.05, 0.1) is 0 Å². The van der Waals surface area contributed by atoms with Gasteiger partial charge in [0.25, 0.3) is 0 Å². The highest BCUT2D eigenvalue weighted by molar-refractivity contribution is 7.09. The van der Waals surface area contributed by atoms with Crippen LogP contribution in [-0.2, 0) is 17.6 Å². The van der Waals surface area contributed by atoms with Crippen molar-refractivity contribution in [3.8, 4) is 0 Å². The zero-order valence-corrected chi connectivity index (χ0v) is 10.4. The molecule has 0 spiro atoms. The summed E-state index contributed by atoms with van der Waals surface area (Å²) in [6.45, 7) is 2.08. The molecule has 2 rings (SSSR count). The van der Waals surface area contributed by atoms with Gasteiger partial charge in [-0.25, -0.2) is 4.98 Å². The SMILES string of the molecule is CC(=O)NCCc1n[nH]c(Cc2cccs2)n1. The van der Waals surface area contributed by atoms with E-state index in [9.17, 15) is 4.79 Å². The number of hydrogen-bond donors (Lipinski definition) is 2. The van der Waals surface area contributed by atoms with Gasteiger partial charge in [0.15, 0.2) is 5.82 Å². The fourth-order valence-electron chi connectivity index (χ4n) is 1.45. The van der Waals surface area contributed by atoms with E-state index in [4.69, 9.17) is 0 Å². The largest absolute Gasteiger partial charge is 0.356 e. The van der Waals surface area contributed by atoms with Crippen LogP contribution in [0.4, 0.5) is 0 Å². The van der Waals surface area contributed by atoms with Crippen LogP contribution in [0.3, 0.4) is 0 Å². The van der Waals surface area contributed by atoms with Gasteiger partial charge in [-0.05, 0) is 11.4 Å². The fourth-order valence-corrected chi connectivity index (χ4v) is 2.16. The smallest absolute Gasteiger partial charge is 0.216 e. The van der Waals surface area contributed by atoms with E-state index in [0.717, 1.165) is 18.1 Å². The third-order valence-electron chi connectivity index (χ3n) is 2.22. The zero-order valence-electron chi connectivity index (χ0n) is 9.56. The van der Waals surface area contributed by atoms with E-state index in [2.05, 4.69) is 26.6 Å². The molecular formula is C11H14N4OS. The summed E-state index contributed by atoms with van der Waals surface area (Å²) in [5.74, 6) is 1.58. The highest BCUT2D eigenvalue weighted by atomic mass is 32.1. The number of rotatable bonds is 5. The van der Waals surface area contributed by atoms with E-state index in [-0.39, 0.29) is 5.91 Å². The second kappa shape index (κ2) is 5.58. The standard InChI is InChI=1S/C11H14N4OS/c1-8(16)12-5-4-10-13-11(15-14-10)7-9-3-2-6-17-9/h2-3,6H,4-5,7H2,1H3,(H,12,16)(H,13,14,15). The Balaban J connectivity index is 1.85. The number of amides is 1. The van der Waals surface area contributed by atoms with Crippen LogP contribution in [0, 0.1) is 0 Å². The first-order valence-electron chi connectivity index (χ1n) is 5.41. The Morgan fingerprint density at radius 2 is 2.47 bits per heavy atom. The molecule has 0 radical (unpaired) electrons. The molecule has 0 aliphatic carbocycles. The molecular weight excluding hydrogens is 236 g/mol. The van der Waals surface area contributed by atoms with Gasteiger partial charge in [-0.1, -0.05) is 6.07 Å². The lowest BCUT2D eigenvalue weighted by Gasteiger charge is -1.97. The van der Waals surface area contributed by atoms with Crippen LogP contribution in [0.25, 0.3) is 0 Å². The molecule has 0 fully saturated rings. The molecule has 2 aromatic heterocycles. The van der Waals surface area contributed by atoms with E-state index in [1.165, 1.54) is 11.8 Å². The number of nitrogens with zero attached hydrogens (tertiary/aromatic N) is 2. The molecule has 17 heavy (non-hydrogen) atoms. The lowest BCUT2D eigenvalue weighted by atomic mass is 10.3. The van der Waals surface area contributed by atoms with Gasteiger partial charge in [0.2, 0.25) is 5.91 Å². The predicted octanol–water partition coefficient (Wildman–Crippen LogP) is 1.14. The Morgan fingerprint density at radius 1 is 1.59 bits per heavy atom.